The average Bonchev–Trinajstić information content (AvgIpc) is 2.30. The Labute approximate surface area is 95.9 Å². The van der Waals surface area contributed by atoms with Gasteiger partial charge in [-0.15, -0.1) is 0 Å². The summed E-state index contributed by atoms with van der Waals surface area (Å²) in [4.78, 5) is 13.0. The van der Waals surface area contributed by atoms with Crippen LogP contribution in [0.5, 0.6) is 0 Å². The van der Waals surface area contributed by atoms with Gasteiger partial charge < -0.3 is 15.4 Å². The topological polar surface area (TPSA) is 55.6 Å². The molecule has 1 aliphatic rings. The largest absolute Gasteiger partial charge is 0.450 e. The van der Waals surface area contributed by atoms with Crippen LogP contribution < -0.4 is 5.73 Å². The fourth-order valence-electron chi connectivity index (χ4n) is 2.05. The average molecular weight is 232 g/mol. The van der Waals surface area contributed by atoms with Gasteiger partial charge >= 0.3 is 6.09 Å². The molecular weight excluding hydrogens is 211 g/mol. The molecular formula is C11H21FN2O2. The van der Waals surface area contributed by atoms with Gasteiger partial charge in [0.2, 0.25) is 0 Å². The first-order valence-corrected chi connectivity index (χ1v) is 5.94. The maximum atomic E-state index is 13.6. The normalized spacial score (nSPS) is 19.6. The van der Waals surface area contributed by atoms with Crippen molar-refractivity contribution in [3.63, 3.8) is 0 Å². The van der Waals surface area contributed by atoms with Gasteiger partial charge in [0, 0.05) is 13.1 Å². The van der Waals surface area contributed by atoms with Crippen LogP contribution in [0, 0.1) is 5.92 Å². The van der Waals surface area contributed by atoms with Gasteiger partial charge in [-0.25, -0.2) is 9.18 Å². The Kier molecular flexibility index (Phi) is 5.52. The molecule has 1 unspecified atom stereocenters. The summed E-state index contributed by atoms with van der Waals surface area (Å²) in [5.41, 5.74) is 5.33. The van der Waals surface area contributed by atoms with Gasteiger partial charge in [0.1, 0.15) is 6.17 Å². The lowest BCUT2D eigenvalue weighted by molar-refractivity contribution is 0.0766. The summed E-state index contributed by atoms with van der Waals surface area (Å²) >= 11 is 0. The van der Waals surface area contributed by atoms with E-state index in [1.807, 2.05) is 0 Å². The van der Waals surface area contributed by atoms with Crippen LogP contribution in [0.15, 0.2) is 0 Å². The summed E-state index contributed by atoms with van der Waals surface area (Å²) in [7, 11) is 0. The fraction of sp³-hybridized carbons (Fsp3) is 0.909. The number of carbonyl (C=O) groups is 1. The van der Waals surface area contributed by atoms with E-state index in [1.54, 1.807) is 11.8 Å². The van der Waals surface area contributed by atoms with Crippen LogP contribution in [-0.2, 0) is 4.74 Å². The highest BCUT2D eigenvalue weighted by atomic mass is 19.1. The molecule has 0 aromatic carbocycles. The molecule has 0 aliphatic carbocycles. The number of hydrogen-bond acceptors (Lipinski definition) is 3. The number of alkyl halides is 1. The molecule has 0 aromatic heterocycles. The van der Waals surface area contributed by atoms with Crippen LogP contribution in [-0.4, -0.2) is 43.4 Å². The second-order valence-corrected chi connectivity index (χ2v) is 4.12. The number of likely N-dealkylation sites (tertiary alicyclic amines) is 1. The highest BCUT2D eigenvalue weighted by Gasteiger charge is 2.28. The van der Waals surface area contributed by atoms with Crippen molar-refractivity contribution in [2.45, 2.75) is 32.4 Å². The first-order valence-electron chi connectivity index (χ1n) is 5.94. The van der Waals surface area contributed by atoms with E-state index in [1.165, 1.54) is 0 Å². The summed E-state index contributed by atoms with van der Waals surface area (Å²) in [5.74, 6) is 0.0502. The standard InChI is InChI=1S/C11H21FN2O2/c1-2-16-11(15)14-7-4-9(5-8-14)10(12)3-6-13/h9-10H,2-8,13H2,1H3. The van der Waals surface area contributed by atoms with Crippen molar-refractivity contribution in [3.8, 4) is 0 Å². The van der Waals surface area contributed by atoms with Gasteiger partial charge in [-0.05, 0) is 38.6 Å². The summed E-state index contributed by atoms with van der Waals surface area (Å²) in [6.45, 7) is 3.74. The molecule has 1 amide bonds. The van der Waals surface area contributed by atoms with E-state index in [9.17, 15) is 9.18 Å². The maximum absolute atomic E-state index is 13.6. The number of piperidine rings is 1. The second-order valence-electron chi connectivity index (χ2n) is 4.12. The maximum Gasteiger partial charge on any atom is 0.409 e. The van der Waals surface area contributed by atoms with Crippen LogP contribution >= 0.6 is 0 Å². The summed E-state index contributed by atoms with van der Waals surface area (Å²) < 4.78 is 18.4. The minimum atomic E-state index is -0.825. The highest BCUT2D eigenvalue weighted by Crippen LogP contribution is 2.24. The number of amides is 1. The van der Waals surface area contributed by atoms with Gasteiger partial charge in [0.15, 0.2) is 0 Å². The first-order chi connectivity index (χ1) is 7.69. The van der Waals surface area contributed by atoms with Crippen LogP contribution in [0.2, 0.25) is 0 Å². The van der Waals surface area contributed by atoms with E-state index in [0.717, 1.165) is 0 Å². The van der Waals surface area contributed by atoms with Crippen molar-refractivity contribution in [2.75, 3.05) is 26.2 Å². The molecule has 5 heteroatoms. The third-order valence-electron chi connectivity index (χ3n) is 3.02. The zero-order chi connectivity index (χ0) is 12.0. The molecule has 1 atom stereocenters. The van der Waals surface area contributed by atoms with E-state index in [-0.39, 0.29) is 12.0 Å². The van der Waals surface area contributed by atoms with Crippen LogP contribution in [0.4, 0.5) is 9.18 Å². The number of halogens is 1. The molecule has 1 heterocycles. The number of rotatable bonds is 4. The predicted octanol–water partition coefficient (Wildman–Crippen LogP) is 1.54. The predicted molar refractivity (Wildman–Crippen MR) is 59.9 cm³/mol. The minimum absolute atomic E-state index is 0.0502. The molecule has 4 nitrogen and oxygen atoms in total. The highest BCUT2D eigenvalue weighted by molar-refractivity contribution is 5.67. The van der Waals surface area contributed by atoms with Gasteiger partial charge in [-0.3, -0.25) is 0 Å². The summed E-state index contributed by atoms with van der Waals surface area (Å²) in [5, 5.41) is 0. The van der Waals surface area contributed by atoms with Crippen molar-refractivity contribution in [2.24, 2.45) is 11.7 Å². The van der Waals surface area contributed by atoms with Crippen molar-refractivity contribution in [3.05, 3.63) is 0 Å². The molecule has 0 saturated carbocycles. The summed E-state index contributed by atoms with van der Waals surface area (Å²) in [6, 6.07) is 0. The zero-order valence-electron chi connectivity index (χ0n) is 9.82. The molecule has 0 bridgehead atoms. The molecule has 16 heavy (non-hydrogen) atoms. The van der Waals surface area contributed by atoms with E-state index in [4.69, 9.17) is 10.5 Å². The number of nitrogens with two attached hydrogens (primary N) is 1. The number of hydrogen-bond donors (Lipinski definition) is 1. The van der Waals surface area contributed by atoms with E-state index < -0.39 is 6.17 Å². The first kappa shape index (κ1) is 13.2. The molecule has 0 radical (unpaired) electrons. The second kappa shape index (κ2) is 6.68. The number of ether oxygens (including phenoxy) is 1. The number of nitrogens with zero attached hydrogens (tertiary/aromatic N) is 1. The van der Waals surface area contributed by atoms with Crippen molar-refractivity contribution in [1.82, 2.24) is 4.90 Å². The van der Waals surface area contributed by atoms with E-state index >= 15 is 0 Å². The molecule has 94 valence electrons. The third-order valence-corrected chi connectivity index (χ3v) is 3.02. The van der Waals surface area contributed by atoms with Crippen LogP contribution in [0.25, 0.3) is 0 Å². The molecule has 0 aromatic rings. The SMILES string of the molecule is CCOC(=O)N1CCC(C(F)CCN)CC1. The fourth-order valence-corrected chi connectivity index (χ4v) is 2.05. The van der Waals surface area contributed by atoms with Crippen molar-refractivity contribution < 1.29 is 13.9 Å². The number of carbonyl (C=O) groups excluding carboxylic acids is 1. The molecule has 0 spiro atoms. The minimum Gasteiger partial charge on any atom is -0.450 e. The third kappa shape index (κ3) is 3.63. The molecule has 1 fully saturated rings. The lowest BCUT2D eigenvalue weighted by atomic mass is 9.91. The van der Waals surface area contributed by atoms with Gasteiger partial charge in [-0.1, -0.05) is 0 Å². The van der Waals surface area contributed by atoms with Gasteiger partial charge in [0.05, 0.1) is 6.61 Å². The molecule has 2 N–H and O–H groups in total. The smallest absolute Gasteiger partial charge is 0.409 e. The Morgan fingerprint density at radius 3 is 2.69 bits per heavy atom. The Hall–Kier alpha value is -0.840. The lowest BCUT2D eigenvalue weighted by Crippen LogP contribution is -2.41. The summed E-state index contributed by atoms with van der Waals surface area (Å²) in [6.07, 6.45) is 0.730. The molecule has 1 saturated heterocycles. The Morgan fingerprint density at radius 2 is 2.19 bits per heavy atom. The monoisotopic (exact) mass is 232 g/mol. The Balaban J connectivity index is 2.30. The van der Waals surface area contributed by atoms with Crippen LogP contribution in [0.1, 0.15) is 26.2 Å². The van der Waals surface area contributed by atoms with Crippen LogP contribution in [0.3, 0.4) is 0 Å². The quantitative estimate of drug-likeness (QED) is 0.800. The Bertz CT molecular complexity index is 218. The van der Waals surface area contributed by atoms with Crippen molar-refractivity contribution in [1.29, 1.82) is 0 Å². The molecule has 1 rings (SSSR count). The Morgan fingerprint density at radius 1 is 1.56 bits per heavy atom. The van der Waals surface area contributed by atoms with Gasteiger partial charge in [0.25, 0.3) is 0 Å². The molecule has 1 aliphatic heterocycles. The zero-order valence-corrected chi connectivity index (χ0v) is 9.82. The van der Waals surface area contributed by atoms with Gasteiger partial charge in [-0.2, -0.15) is 0 Å². The lowest BCUT2D eigenvalue weighted by Gasteiger charge is -2.32. The van der Waals surface area contributed by atoms with Crippen molar-refractivity contribution >= 4 is 6.09 Å². The van der Waals surface area contributed by atoms with E-state index in [0.29, 0.717) is 45.5 Å². The van der Waals surface area contributed by atoms with E-state index in [2.05, 4.69) is 0 Å².